The van der Waals surface area contributed by atoms with Crippen molar-refractivity contribution in [2.45, 2.75) is 58.0 Å². The van der Waals surface area contributed by atoms with Crippen LogP contribution in [-0.2, 0) is 23.9 Å². The molecule has 3 atom stereocenters. The van der Waals surface area contributed by atoms with E-state index in [2.05, 4.69) is 5.32 Å². The number of carbonyl (C=O) groups is 3. The molecule has 7 heteroatoms. The molecule has 2 aliphatic carbocycles. The maximum Gasteiger partial charge on any atom is 0.337 e. The number of dihydropyridines is 1. The van der Waals surface area contributed by atoms with Gasteiger partial charge in [0.05, 0.1) is 12.7 Å². The molecule has 1 fully saturated rings. The van der Waals surface area contributed by atoms with Crippen molar-refractivity contribution in [1.82, 2.24) is 5.32 Å². The molecule has 1 aliphatic heterocycles. The van der Waals surface area contributed by atoms with Gasteiger partial charge in [0.1, 0.15) is 17.8 Å². The van der Waals surface area contributed by atoms with E-state index in [0.29, 0.717) is 34.5 Å². The average Bonchev–Trinajstić information content (AvgIpc) is 3.25. The number of phenolic OH excluding ortho intramolecular Hbond substituents is 1. The minimum absolute atomic E-state index is 0.0329. The van der Waals surface area contributed by atoms with Crippen LogP contribution in [0.25, 0.3) is 0 Å². The van der Waals surface area contributed by atoms with Gasteiger partial charge in [0, 0.05) is 22.9 Å². The van der Waals surface area contributed by atoms with Gasteiger partial charge >= 0.3 is 11.9 Å². The van der Waals surface area contributed by atoms with E-state index in [-0.39, 0.29) is 23.6 Å². The van der Waals surface area contributed by atoms with Crippen LogP contribution in [0.2, 0.25) is 0 Å². The van der Waals surface area contributed by atoms with E-state index in [9.17, 15) is 19.5 Å². The van der Waals surface area contributed by atoms with Gasteiger partial charge in [0.25, 0.3) is 0 Å². The number of methoxy groups -OCH3 is 1. The molecule has 0 saturated heterocycles. The fourth-order valence-electron chi connectivity index (χ4n) is 5.21. The lowest BCUT2D eigenvalue weighted by Gasteiger charge is -2.38. The highest BCUT2D eigenvalue weighted by atomic mass is 16.5. The van der Waals surface area contributed by atoms with Gasteiger partial charge < -0.3 is 19.9 Å². The van der Waals surface area contributed by atoms with E-state index in [1.54, 1.807) is 25.1 Å². The summed E-state index contributed by atoms with van der Waals surface area (Å²) in [5.74, 6) is -3.29. The molecule has 1 aromatic carbocycles. The first-order valence-electron chi connectivity index (χ1n) is 11.1. The summed E-state index contributed by atoms with van der Waals surface area (Å²) in [6.07, 6.45) is 4.05. The number of nitrogens with one attached hydrogen (secondary N) is 1. The van der Waals surface area contributed by atoms with Crippen LogP contribution in [0, 0.1) is 11.8 Å². The molecule has 4 rings (SSSR count). The van der Waals surface area contributed by atoms with E-state index in [4.69, 9.17) is 9.47 Å². The van der Waals surface area contributed by atoms with E-state index in [1.165, 1.54) is 13.2 Å². The number of phenols is 1. The van der Waals surface area contributed by atoms with Crippen molar-refractivity contribution in [3.63, 3.8) is 0 Å². The smallest absolute Gasteiger partial charge is 0.337 e. The third kappa shape index (κ3) is 3.92. The predicted octanol–water partition coefficient (Wildman–Crippen LogP) is 3.49. The van der Waals surface area contributed by atoms with Gasteiger partial charge in [-0.2, -0.15) is 0 Å². The summed E-state index contributed by atoms with van der Waals surface area (Å²) in [5, 5.41) is 13.4. The summed E-state index contributed by atoms with van der Waals surface area (Å²) in [7, 11) is 1.27. The van der Waals surface area contributed by atoms with Crippen LogP contribution in [0.1, 0.15) is 57.4 Å². The first kappa shape index (κ1) is 22.1. The number of hydrogen-bond acceptors (Lipinski definition) is 7. The Morgan fingerprint density at radius 1 is 1.19 bits per heavy atom. The fourth-order valence-corrected chi connectivity index (χ4v) is 5.21. The zero-order valence-electron chi connectivity index (χ0n) is 18.6. The van der Waals surface area contributed by atoms with Crippen LogP contribution in [0.15, 0.2) is 46.8 Å². The van der Waals surface area contributed by atoms with Crippen molar-refractivity contribution in [2.75, 3.05) is 7.11 Å². The quantitative estimate of drug-likeness (QED) is 0.547. The molecule has 0 bridgehead atoms. The largest absolute Gasteiger partial charge is 0.508 e. The van der Waals surface area contributed by atoms with Crippen molar-refractivity contribution in [3.05, 3.63) is 52.4 Å². The highest BCUT2D eigenvalue weighted by Crippen LogP contribution is 2.46. The predicted molar refractivity (Wildman–Crippen MR) is 116 cm³/mol. The van der Waals surface area contributed by atoms with Crippen LogP contribution in [0.3, 0.4) is 0 Å². The van der Waals surface area contributed by atoms with Gasteiger partial charge in [0.2, 0.25) is 0 Å². The maximum absolute atomic E-state index is 13.6. The van der Waals surface area contributed by atoms with Crippen LogP contribution in [-0.4, -0.2) is 36.0 Å². The van der Waals surface area contributed by atoms with Gasteiger partial charge in [-0.1, -0.05) is 19.1 Å². The van der Waals surface area contributed by atoms with Gasteiger partial charge in [-0.3, -0.25) is 9.59 Å². The summed E-state index contributed by atoms with van der Waals surface area (Å²) in [5.41, 5.74) is 2.63. The lowest BCUT2D eigenvalue weighted by Crippen LogP contribution is -2.43. The minimum atomic E-state index is -0.939. The van der Waals surface area contributed by atoms with E-state index < -0.39 is 23.8 Å². The molecule has 170 valence electrons. The lowest BCUT2D eigenvalue weighted by molar-refractivity contribution is -0.151. The van der Waals surface area contributed by atoms with E-state index in [0.717, 1.165) is 25.7 Å². The highest BCUT2D eigenvalue weighted by Gasteiger charge is 2.47. The second kappa shape index (κ2) is 8.81. The Morgan fingerprint density at radius 3 is 2.56 bits per heavy atom. The minimum Gasteiger partial charge on any atom is -0.508 e. The Labute approximate surface area is 187 Å². The molecule has 7 nitrogen and oxygen atoms in total. The SMILES string of the molecule is COC(=O)[C@H]1C(=O)C2=C(C[C@H]1C)NC(C)=C(C(=O)OC1CCCC1)[C@@H]2c1cccc(O)c1. The molecule has 1 saturated carbocycles. The number of rotatable bonds is 4. The van der Waals surface area contributed by atoms with Crippen LogP contribution >= 0.6 is 0 Å². The Balaban J connectivity index is 1.81. The fraction of sp³-hybridized carbons (Fsp3) is 0.480. The molecule has 0 aromatic heterocycles. The highest BCUT2D eigenvalue weighted by molar-refractivity contribution is 6.12. The van der Waals surface area contributed by atoms with Crippen LogP contribution in [0.4, 0.5) is 0 Å². The summed E-state index contributed by atoms with van der Waals surface area (Å²) in [6, 6.07) is 6.54. The standard InChI is InChI=1S/C25H29NO6/c1-13-11-18-22(23(28)19(13)24(29)31-3)21(15-7-6-8-16(27)12-15)20(14(2)26-18)25(30)32-17-9-4-5-10-17/h6-8,12-13,17,19,21,26-27H,4-5,9-11H2,1-3H3/t13-,19-,21+/m1/s1. The molecule has 0 unspecified atom stereocenters. The molecular formula is C25H29NO6. The third-order valence-corrected chi connectivity index (χ3v) is 6.74. The van der Waals surface area contributed by atoms with Crippen molar-refractivity contribution < 1.29 is 29.0 Å². The van der Waals surface area contributed by atoms with Crippen molar-refractivity contribution in [1.29, 1.82) is 0 Å². The topological polar surface area (TPSA) is 102 Å². The Morgan fingerprint density at radius 2 is 1.91 bits per heavy atom. The number of carbonyl (C=O) groups excluding carboxylic acids is 3. The average molecular weight is 440 g/mol. The monoisotopic (exact) mass is 439 g/mol. The number of hydrogen-bond donors (Lipinski definition) is 2. The Kier molecular flexibility index (Phi) is 6.09. The number of aromatic hydroxyl groups is 1. The van der Waals surface area contributed by atoms with Crippen LogP contribution in [0.5, 0.6) is 5.75 Å². The van der Waals surface area contributed by atoms with E-state index in [1.807, 2.05) is 6.92 Å². The number of Topliss-reactive ketones (excluding diaryl/α,β-unsaturated/α-hetero) is 1. The number of allylic oxidation sites excluding steroid dienone is 3. The maximum atomic E-state index is 13.6. The second-order valence-electron chi connectivity index (χ2n) is 8.94. The summed E-state index contributed by atoms with van der Waals surface area (Å²) >= 11 is 0. The Bertz CT molecular complexity index is 1020. The first-order chi connectivity index (χ1) is 15.3. The van der Waals surface area contributed by atoms with Crippen molar-refractivity contribution in [3.8, 4) is 5.75 Å². The molecule has 2 N–H and O–H groups in total. The third-order valence-electron chi connectivity index (χ3n) is 6.74. The van der Waals surface area contributed by atoms with Gasteiger partial charge in [-0.25, -0.2) is 4.79 Å². The van der Waals surface area contributed by atoms with Gasteiger partial charge in [0.15, 0.2) is 5.78 Å². The zero-order valence-corrected chi connectivity index (χ0v) is 18.6. The summed E-state index contributed by atoms with van der Waals surface area (Å²) < 4.78 is 10.7. The van der Waals surface area contributed by atoms with Crippen LogP contribution < -0.4 is 5.32 Å². The molecule has 32 heavy (non-hydrogen) atoms. The molecule has 1 heterocycles. The normalized spacial score (nSPS) is 26.0. The summed E-state index contributed by atoms with van der Waals surface area (Å²) in [4.78, 5) is 39.4. The van der Waals surface area contributed by atoms with Gasteiger partial charge in [-0.15, -0.1) is 0 Å². The summed E-state index contributed by atoms with van der Waals surface area (Å²) in [6.45, 7) is 3.64. The van der Waals surface area contributed by atoms with Crippen molar-refractivity contribution in [2.24, 2.45) is 11.8 Å². The molecule has 0 amide bonds. The Hall–Kier alpha value is -3.09. The number of esters is 2. The van der Waals surface area contributed by atoms with E-state index >= 15 is 0 Å². The second-order valence-corrected chi connectivity index (χ2v) is 8.94. The zero-order chi connectivity index (χ0) is 23.0. The van der Waals surface area contributed by atoms with Crippen molar-refractivity contribution >= 4 is 17.7 Å². The number of ketones is 1. The molecule has 1 aromatic rings. The lowest BCUT2D eigenvalue weighted by atomic mass is 9.69. The molecular weight excluding hydrogens is 410 g/mol. The van der Waals surface area contributed by atoms with Gasteiger partial charge in [-0.05, 0) is 62.6 Å². The number of benzene rings is 1. The molecule has 0 radical (unpaired) electrons. The molecule has 3 aliphatic rings. The number of ether oxygens (including phenoxy) is 2. The first-order valence-corrected chi connectivity index (χ1v) is 11.1. The molecule has 0 spiro atoms.